The Morgan fingerprint density at radius 3 is 2.44 bits per heavy atom. The third-order valence-corrected chi connectivity index (χ3v) is 2.28. The summed E-state index contributed by atoms with van der Waals surface area (Å²) in [4.78, 5) is 10.5. The van der Waals surface area contributed by atoms with Crippen LogP contribution in [-0.4, -0.2) is 11.1 Å². The molecule has 0 radical (unpaired) electrons. The van der Waals surface area contributed by atoms with Crippen LogP contribution in [0.15, 0.2) is 24.3 Å². The Bertz CT molecular complexity index is 385. The fraction of sp³-hybridized carbons (Fsp3) is 0.364. The number of carbonyl (C=O) groups is 1. The zero-order valence-electron chi connectivity index (χ0n) is 8.58. The van der Waals surface area contributed by atoms with Gasteiger partial charge in [0.05, 0.1) is 12.0 Å². The van der Waals surface area contributed by atoms with Crippen molar-refractivity contribution in [3.05, 3.63) is 35.4 Å². The summed E-state index contributed by atoms with van der Waals surface area (Å²) in [5.41, 5.74) is -0.735. The van der Waals surface area contributed by atoms with Gasteiger partial charge in [0.1, 0.15) is 0 Å². The molecule has 0 aromatic heterocycles. The number of aliphatic carboxylic acids is 1. The molecule has 16 heavy (non-hydrogen) atoms. The molecule has 0 spiro atoms. The van der Waals surface area contributed by atoms with E-state index in [-0.39, 0.29) is 12.0 Å². The van der Waals surface area contributed by atoms with Gasteiger partial charge in [-0.25, -0.2) is 0 Å². The third kappa shape index (κ3) is 2.98. The molecule has 1 rings (SSSR count). The van der Waals surface area contributed by atoms with Crippen LogP contribution < -0.4 is 0 Å². The van der Waals surface area contributed by atoms with Crippen LogP contribution in [0.25, 0.3) is 0 Å². The van der Waals surface area contributed by atoms with Gasteiger partial charge in [0.2, 0.25) is 0 Å². The van der Waals surface area contributed by atoms with Crippen LogP contribution in [0.4, 0.5) is 13.2 Å². The standard InChI is InChI=1S/C11H11F3O2/c1-7(6-10(15)16)8-4-2-3-5-9(8)11(12,13)14/h2-5,7H,6H2,1H3,(H,15,16)/t7-/m0/s1. The van der Waals surface area contributed by atoms with Crippen molar-refractivity contribution in [2.45, 2.75) is 25.4 Å². The van der Waals surface area contributed by atoms with E-state index in [2.05, 4.69) is 0 Å². The van der Waals surface area contributed by atoms with Crippen LogP contribution in [0.2, 0.25) is 0 Å². The Morgan fingerprint density at radius 1 is 1.38 bits per heavy atom. The minimum absolute atomic E-state index is 0.0254. The zero-order chi connectivity index (χ0) is 12.3. The van der Waals surface area contributed by atoms with Gasteiger partial charge < -0.3 is 5.11 Å². The van der Waals surface area contributed by atoms with Crippen LogP contribution in [0, 0.1) is 0 Å². The van der Waals surface area contributed by atoms with E-state index in [9.17, 15) is 18.0 Å². The second-order valence-corrected chi connectivity index (χ2v) is 3.58. The van der Waals surface area contributed by atoms with E-state index in [1.54, 1.807) is 0 Å². The maximum absolute atomic E-state index is 12.6. The second kappa shape index (κ2) is 4.55. The molecule has 0 aliphatic heterocycles. The number of carboxylic acids is 1. The van der Waals surface area contributed by atoms with Gasteiger partial charge >= 0.3 is 12.1 Å². The predicted octanol–water partition coefficient (Wildman–Crippen LogP) is 3.28. The Labute approximate surface area is 90.7 Å². The minimum Gasteiger partial charge on any atom is -0.481 e. The summed E-state index contributed by atoms with van der Waals surface area (Å²) in [6.07, 6.45) is -4.75. The highest BCUT2D eigenvalue weighted by Crippen LogP contribution is 2.35. The second-order valence-electron chi connectivity index (χ2n) is 3.58. The van der Waals surface area contributed by atoms with Crippen molar-refractivity contribution in [3.8, 4) is 0 Å². The van der Waals surface area contributed by atoms with Crippen molar-refractivity contribution in [2.75, 3.05) is 0 Å². The molecule has 1 aromatic rings. The molecule has 1 aromatic carbocycles. The van der Waals surface area contributed by atoms with Gasteiger partial charge in [0.15, 0.2) is 0 Å². The van der Waals surface area contributed by atoms with Crippen LogP contribution in [-0.2, 0) is 11.0 Å². The molecule has 0 bridgehead atoms. The SMILES string of the molecule is C[C@@H](CC(=O)O)c1ccccc1C(F)(F)F. The minimum atomic E-state index is -4.44. The van der Waals surface area contributed by atoms with Crippen molar-refractivity contribution in [1.29, 1.82) is 0 Å². The van der Waals surface area contributed by atoms with Gasteiger partial charge in [0, 0.05) is 0 Å². The highest BCUT2D eigenvalue weighted by atomic mass is 19.4. The van der Waals surface area contributed by atoms with Crippen LogP contribution in [0.3, 0.4) is 0 Å². The number of rotatable bonds is 3. The Morgan fingerprint density at radius 2 is 1.94 bits per heavy atom. The van der Waals surface area contributed by atoms with Crippen LogP contribution >= 0.6 is 0 Å². The molecular formula is C11H11F3O2. The Kier molecular flexibility index (Phi) is 3.57. The van der Waals surface area contributed by atoms with E-state index >= 15 is 0 Å². The summed E-state index contributed by atoms with van der Waals surface area (Å²) in [6, 6.07) is 5.05. The van der Waals surface area contributed by atoms with E-state index in [0.29, 0.717) is 0 Å². The number of alkyl halides is 3. The van der Waals surface area contributed by atoms with E-state index < -0.39 is 23.6 Å². The topological polar surface area (TPSA) is 37.3 Å². The molecule has 2 nitrogen and oxygen atoms in total. The first-order valence-electron chi connectivity index (χ1n) is 4.70. The van der Waals surface area contributed by atoms with Crippen molar-refractivity contribution in [1.82, 2.24) is 0 Å². The molecule has 0 saturated carbocycles. The summed E-state index contributed by atoms with van der Waals surface area (Å²) < 4.78 is 37.8. The van der Waals surface area contributed by atoms with Gasteiger partial charge in [-0.3, -0.25) is 4.79 Å². The number of benzene rings is 1. The first-order valence-corrected chi connectivity index (χ1v) is 4.70. The molecule has 0 aliphatic carbocycles. The van der Waals surface area contributed by atoms with Gasteiger partial charge in [-0.15, -0.1) is 0 Å². The molecule has 1 N–H and O–H groups in total. The highest BCUT2D eigenvalue weighted by molar-refractivity contribution is 5.68. The lowest BCUT2D eigenvalue weighted by Gasteiger charge is -2.16. The van der Waals surface area contributed by atoms with Gasteiger partial charge in [-0.05, 0) is 17.5 Å². The lowest BCUT2D eigenvalue weighted by Crippen LogP contribution is -2.12. The molecule has 88 valence electrons. The maximum Gasteiger partial charge on any atom is 0.416 e. The lowest BCUT2D eigenvalue weighted by atomic mass is 9.93. The molecule has 5 heteroatoms. The molecule has 0 heterocycles. The maximum atomic E-state index is 12.6. The van der Waals surface area contributed by atoms with Crippen molar-refractivity contribution < 1.29 is 23.1 Å². The number of hydrogen-bond acceptors (Lipinski definition) is 1. The van der Waals surface area contributed by atoms with Crippen molar-refractivity contribution in [3.63, 3.8) is 0 Å². The summed E-state index contributed by atoms with van der Waals surface area (Å²) in [5.74, 6) is -1.76. The normalized spacial score (nSPS) is 13.5. The fourth-order valence-electron chi connectivity index (χ4n) is 1.56. The largest absolute Gasteiger partial charge is 0.481 e. The average molecular weight is 232 g/mol. The average Bonchev–Trinajstić information content (AvgIpc) is 2.15. The van der Waals surface area contributed by atoms with Gasteiger partial charge in [-0.1, -0.05) is 25.1 Å². The summed E-state index contributed by atoms with van der Waals surface area (Å²) in [5, 5.41) is 8.56. The van der Waals surface area contributed by atoms with Crippen LogP contribution in [0.1, 0.15) is 30.4 Å². The fourth-order valence-corrected chi connectivity index (χ4v) is 1.56. The van der Waals surface area contributed by atoms with E-state index in [4.69, 9.17) is 5.11 Å². The number of halogens is 3. The quantitative estimate of drug-likeness (QED) is 0.868. The highest BCUT2D eigenvalue weighted by Gasteiger charge is 2.34. The Balaban J connectivity index is 3.08. The molecular weight excluding hydrogens is 221 g/mol. The molecule has 1 atom stereocenters. The predicted molar refractivity (Wildman–Crippen MR) is 52.1 cm³/mol. The van der Waals surface area contributed by atoms with Crippen molar-refractivity contribution in [2.24, 2.45) is 0 Å². The van der Waals surface area contributed by atoms with Gasteiger partial charge in [0.25, 0.3) is 0 Å². The number of hydrogen-bond donors (Lipinski definition) is 1. The summed E-state index contributed by atoms with van der Waals surface area (Å²) in [7, 11) is 0. The zero-order valence-corrected chi connectivity index (χ0v) is 8.58. The molecule has 0 saturated heterocycles. The van der Waals surface area contributed by atoms with E-state index in [1.807, 2.05) is 0 Å². The summed E-state index contributed by atoms with van der Waals surface area (Å²) in [6.45, 7) is 1.47. The first kappa shape index (κ1) is 12.5. The van der Waals surface area contributed by atoms with Crippen LogP contribution in [0.5, 0.6) is 0 Å². The van der Waals surface area contributed by atoms with E-state index in [1.165, 1.54) is 25.1 Å². The van der Waals surface area contributed by atoms with E-state index in [0.717, 1.165) is 6.07 Å². The summed E-state index contributed by atoms with van der Waals surface area (Å²) >= 11 is 0. The third-order valence-electron chi connectivity index (χ3n) is 2.28. The van der Waals surface area contributed by atoms with Crippen molar-refractivity contribution >= 4 is 5.97 Å². The van der Waals surface area contributed by atoms with Gasteiger partial charge in [-0.2, -0.15) is 13.2 Å². The number of carboxylic acid groups (broad SMARTS) is 1. The first-order chi connectivity index (χ1) is 7.32. The lowest BCUT2D eigenvalue weighted by molar-refractivity contribution is -0.140. The smallest absolute Gasteiger partial charge is 0.416 e. The monoisotopic (exact) mass is 232 g/mol. The molecule has 0 fully saturated rings. The Hall–Kier alpha value is -1.52. The molecule has 0 unspecified atom stereocenters. The molecule has 0 amide bonds. The molecule has 0 aliphatic rings.